The van der Waals surface area contributed by atoms with Gasteiger partial charge in [0.1, 0.15) is 0 Å². The maximum atomic E-state index is 13.4. The Morgan fingerprint density at radius 1 is 1.25 bits per heavy atom. The Balaban J connectivity index is 1.82. The maximum absolute atomic E-state index is 13.4. The highest BCUT2D eigenvalue weighted by molar-refractivity contribution is 9.10. The number of nitrogens with one attached hydrogen (secondary N) is 3. The van der Waals surface area contributed by atoms with Crippen LogP contribution in [0.3, 0.4) is 0 Å². The zero-order valence-corrected chi connectivity index (χ0v) is 19.5. The molecule has 0 radical (unpaired) electrons. The molecule has 0 spiro atoms. The van der Waals surface area contributed by atoms with E-state index in [1.165, 1.54) is 17.0 Å². The fourth-order valence-electron chi connectivity index (χ4n) is 3.48. The molecular formula is C21H20BrF3N4O2S. The Hall–Kier alpha value is -2.66. The van der Waals surface area contributed by atoms with Crippen molar-refractivity contribution in [3.8, 4) is 0 Å². The fourth-order valence-corrected chi connectivity index (χ4v) is 4.03. The van der Waals surface area contributed by atoms with Gasteiger partial charge in [0.15, 0.2) is 5.11 Å². The topological polar surface area (TPSA) is 73.5 Å². The molecule has 1 unspecified atom stereocenters. The zero-order chi connectivity index (χ0) is 23.6. The molecule has 2 aromatic rings. The summed E-state index contributed by atoms with van der Waals surface area (Å²) in [5, 5.41) is 2.93. The van der Waals surface area contributed by atoms with E-state index in [0.717, 1.165) is 11.6 Å². The Morgan fingerprint density at radius 2 is 1.97 bits per heavy atom. The number of alkyl halides is 3. The smallest absolute Gasteiger partial charge is 0.364 e. The number of halogens is 4. The van der Waals surface area contributed by atoms with Crippen LogP contribution in [0.25, 0.3) is 0 Å². The molecule has 6 nitrogen and oxygen atoms in total. The summed E-state index contributed by atoms with van der Waals surface area (Å²) < 4.78 is 40.8. The molecule has 2 amide bonds. The lowest BCUT2D eigenvalue weighted by Crippen LogP contribution is -2.45. The van der Waals surface area contributed by atoms with E-state index in [4.69, 9.17) is 12.2 Å². The van der Waals surface area contributed by atoms with Gasteiger partial charge in [-0.25, -0.2) is 0 Å². The highest BCUT2D eigenvalue weighted by Crippen LogP contribution is 2.39. The lowest BCUT2D eigenvalue weighted by Gasteiger charge is -2.20. The van der Waals surface area contributed by atoms with Crippen LogP contribution >= 0.6 is 28.1 Å². The van der Waals surface area contributed by atoms with Crippen molar-refractivity contribution in [2.24, 2.45) is 0 Å². The molecule has 1 aliphatic heterocycles. The average molecular weight is 529 g/mol. The van der Waals surface area contributed by atoms with Crippen LogP contribution in [0.2, 0.25) is 0 Å². The van der Waals surface area contributed by atoms with Gasteiger partial charge in [-0.05, 0) is 59.6 Å². The first-order chi connectivity index (χ1) is 15.0. The van der Waals surface area contributed by atoms with Gasteiger partial charge in [0, 0.05) is 29.2 Å². The molecule has 1 atom stereocenters. The number of fused-ring (bicyclic) bond motifs is 1. The molecule has 0 bridgehead atoms. The number of nitrogens with zero attached hydrogens (tertiary/aromatic N) is 1. The number of benzene rings is 2. The van der Waals surface area contributed by atoms with E-state index in [2.05, 4.69) is 32.1 Å². The van der Waals surface area contributed by atoms with Gasteiger partial charge in [-0.2, -0.15) is 13.2 Å². The van der Waals surface area contributed by atoms with Gasteiger partial charge >= 0.3 is 6.18 Å². The second kappa shape index (κ2) is 9.45. The summed E-state index contributed by atoms with van der Waals surface area (Å²) in [4.78, 5) is 26.4. The Kier molecular flexibility index (Phi) is 7.09. The number of anilines is 1. The van der Waals surface area contributed by atoms with E-state index in [1.807, 2.05) is 13.0 Å². The van der Waals surface area contributed by atoms with Crippen molar-refractivity contribution in [2.45, 2.75) is 32.0 Å². The summed E-state index contributed by atoms with van der Waals surface area (Å²) in [6.07, 6.45) is -4.42. The van der Waals surface area contributed by atoms with Gasteiger partial charge in [-0.3, -0.25) is 20.4 Å². The molecule has 0 aliphatic carbocycles. The third kappa shape index (κ3) is 5.21. The van der Waals surface area contributed by atoms with Crippen LogP contribution in [-0.2, 0) is 17.5 Å². The molecule has 0 aromatic heterocycles. The number of amides is 2. The Labute approximate surface area is 196 Å². The summed E-state index contributed by atoms with van der Waals surface area (Å²) in [6.45, 7) is 1.66. The Morgan fingerprint density at radius 3 is 2.62 bits per heavy atom. The van der Waals surface area contributed by atoms with Crippen molar-refractivity contribution in [1.82, 2.24) is 16.2 Å². The Bertz CT molecular complexity index is 1080. The normalized spacial score (nSPS) is 14.1. The first kappa shape index (κ1) is 24.0. The predicted molar refractivity (Wildman–Crippen MR) is 122 cm³/mol. The molecule has 1 heterocycles. The van der Waals surface area contributed by atoms with Crippen molar-refractivity contribution in [3.05, 3.63) is 63.1 Å². The molecule has 1 aliphatic rings. The molecule has 0 saturated heterocycles. The fraction of sp³-hybridized carbons (Fsp3) is 0.286. The van der Waals surface area contributed by atoms with Gasteiger partial charge in [-0.1, -0.05) is 28.9 Å². The lowest BCUT2D eigenvalue weighted by molar-refractivity contribution is -0.138. The molecule has 11 heteroatoms. The summed E-state index contributed by atoms with van der Waals surface area (Å²) in [5.41, 5.74) is 5.44. The minimum atomic E-state index is -4.55. The predicted octanol–water partition coefficient (Wildman–Crippen LogP) is 4.25. The van der Waals surface area contributed by atoms with Crippen molar-refractivity contribution in [2.75, 3.05) is 11.9 Å². The SMILES string of the molecule is CNC(=S)NNC(=O)CC(C)c1cc(Br)cc(N2Cc3c(cccc3C(F)(F)F)C2=O)c1. The molecule has 0 saturated carbocycles. The van der Waals surface area contributed by atoms with Crippen LogP contribution < -0.4 is 21.1 Å². The van der Waals surface area contributed by atoms with Crippen LogP contribution in [0.15, 0.2) is 40.9 Å². The van der Waals surface area contributed by atoms with Crippen molar-refractivity contribution in [1.29, 1.82) is 0 Å². The van der Waals surface area contributed by atoms with E-state index >= 15 is 0 Å². The van der Waals surface area contributed by atoms with Gasteiger partial charge in [-0.15, -0.1) is 0 Å². The number of hydrazine groups is 1. The number of hydrogen-bond donors (Lipinski definition) is 3. The number of hydrogen-bond acceptors (Lipinski definition) is 3. The van der Waals surface area contributed by atoms with Gasteiger partial charge < -0.3 is 10.2 Å². The van der Waals surface area contributed by atoms with Crippen LogP contribution in [-0.4, -0.2) is 24.0 Å². The van der Waals surface area contributed by atoms with Gasteiger partial charge in [0.25, 0.3) is 5.91 Å². The highest BCUT2D eigenvalue weighted by Gasteiger charge is 2.39. The second-order valence-corrected chi connectivity index (χ2v) is 8.64. The first-order valence-corrected chi connectivity index (χ1v) is 10.8. The minimum Gasteiger partial charge on any atom is -0.364 e. The standard InChI is InChI=1S/C21H20BrF3N4O2S/c1-11(6-18(30)27-28-20(32)26-2)12-7-13(22)9-14(8-12)29-10-16-15(19(29)31)4-3-5-17(16)21(23,24)25/h3-5,7-9,11H,6,10H2,1-2H3,(H,27,30)(H2,26,28,32). The third-order valence-electron chi connectivity index (χ3n) is 5.09. The van der Waals surface area contributed by atoms with Crippen molar-refractivity contribution >= 4 is 50.8 Å². The monoisotopic (exact) mass is 528 g/mol. The number of carbonyl (C=O) groups is 2. The molecule has 3 N–H and O–H groups in total. The molecule has 3 rings (SSSR count). The largest absolute Gasteiger partial charge is 0.416 e. The van der Waals surface area contributed by atoms with Crippen LogP contribution in [0.1, 0.15) is 46.3 Å². The second-order valence-electron chi connectivity index (χ2n) is 7.32. The summed E-state index contributed by atoms with van der Waals surface area (Å²) in [6, 6.07) is 8.81. The maximum Gasteiger partial charge on any atom is 0.416 e. The summed E-state index contributed by atoms with van der Waals surface area (Å²) >= 11 is 8.30. The van der Waals surface area contributed by atoms with Crippen LogP contribution in [0.5, 0.6) is 0 Å². The van der Waals surface area contributed by atoms with Crippen LogP contribution in [0, 0.1) is 0 Å². The van der Waals surface area contributed by atoms with E-state index in [0.29, 0.717) is 10.2 Å². The lowest BCUT2D eigenvalue weighted by atomic mass is 9.97. The van der Waals surface area contributed by atoms with E-state index in [-0.39, 0.29) is 41.0 Å². The molecule has 170 valence electrons. The van der Waals surface area contributed by atoms with Gasteiger partial charge in [0.2, 0.25) is 5.91 Å². The van der Waals surface area contributed by atoms with E-state index < -0.39 is 17.6 Å². The minimum absolute atomic E-state index is 0.0365. The quantitative estimate of drug-likeness (QED) is 0.408. The number of carbonyl (C=O) groups excluding carboxylic acids is 2. The van der Waals surface area contributed by atoms with Gasteiger partial charge in [0.05, 0.1) is 12.1 Å². The highest BCUT2D eigenvalue weighted by atomic mass is 79.9. The van der Waals surface area contributed by atoms with Crippen LogP contribution in [0.4, 0.5) is 18.9 Å². The first-order valence-electron chi connectivity index (χ1n) is 9.59. The third-order valence-corrected chi connectivity index (χ3v) is 5.86. The summed E-state index contributed by atoms with van der Waals surface area (Å²) in [5.74, 6) is -1.02. The average Bonchev–Trinajstić information content (AvgIpc) is 3.07. The van der Waals surface area contributed by atoms with E-state index in [9.17, 15) is 22.8 Å². The molecule has 0 fully saturated rings. The molecular weight excluding hydrogens is 509 g/mol. The van der Waals surface area contributed by atoms with Crippen molar-refractivity contribution in [3.63, 3.8) is 0 Å². The van der Waals surface area contributed by atoms with Crippen molar-refractivity contribution < 1.29 is 22.8 Å². The number of thiocarbonyl (C=S) groups is 1. The molecule has 2 aromatic carbocycles. The number of rotatable bonds is 4. The van der Waals surface area contributed by atoms with E-state index in [1.54, 1.807) is 19.2 Å². The zero-order valence-electron chi connectivity index (χ0n) is 17.1. The summed E-state index contributed by atoms with van der Waals surface area (Å²) in [7, 11) is 1.61. The molecule has 32 heavy (non-hydrogen) atoms.